The van der Waals surface area contributed by atoms with Gasteiger partial charge in [-0.2, -0.15) is 5.10 Å². The van der Waals surface area contributed by atoms with Gasteiger partial charge < -0.3 is 25.3 Å². The molecule has 1 aliphatic heterocycles. The highest BCUT2D eigenvalue weighted by atomic mass is 19.1. The normalized spacial score (nSPS) is 29.5. The van der Waals surface area contributed by atoms with Crippen LogP contribution in [0.25, 0.3) is 22.3 Å². The number of nitrogens with two attached hydrogens (primary N) is 1. The van der Waals surface area contributed by atoms with Crippen molar-refractivity contribution in [3.8, 4) is 11.3 Å². The number of H-pyrrole nitrogens is 1. The summed E-state index contributed by atoms with van der Waals surface area (Å²) in [5.41, 5.74) is 5.51. The summed E-state index contributed by atoms with van der Waals surface area (Å²) in [5, 5.41) is 26.7. The Morgan fingerprint density at radius 2 is 2.28 bits per heavy atom. The number of aromatic amines is 1. The maximum atomic E-state index is 15.2. The molecule has 4 heterocycles. The lowest BCUT2D eigenvalue weighted by Crippen LogP contribution is -2.40. The van der Waals surface area contributed by atoms with Crippen molar-refractivity contribution in [3.05, 3.63) is 24.8 Å². The van der Waals surface area contributed by atoms with Gasteiger partial charge in [0, 0.05) is 18.0 Å². The minimum Gasteiger partial charge on any atom is -0.394 e. The Balaban J connectivity index is 1.93. The number of nitrogen functional groups attached to an aromatic ring is 1. The zero-order valence-corrected chi connectivity index (χ0v) is 13.3. The van der Waals surface area contributed by atoms with E-state index >= 15 is 4.39 Å². The molecule has 0 radical (unpaired) electrons. The Morgan fingerprint density at radius 3 is 2.92 bits per heavy atom. The van der Waals surface area contributed by atoms with Crippen LogP contribution in [0, 0.1) is 0 Å². The molecule has 0 spiro atoms. The standard InChI is InChI=1S/C15H17FN6O3/c1-15(16)11(24)9(5-23)25-14(15)22-4-7(8-2-3-20-21-8)10-12(17)18-6-19-13(10)22/h2-4,6,9,11,14,23-24H,5H2,1H3,(H,20,21)(H2,17,18,19)/t9-,11-,14-,15-/m1/s1. The second kappa shape index (κ2) is 5.48. The summed E-state index contributed by atoms with van der Waals surface area (Å²) >= 11 is 0. The fourth-order valence-electron chi connectivity index (χ4n) is 3.26. The molecule has 0 aromatic carbocycles. The number of fused-ring (bicyclic) bond motifs is 1. The summed E-state index contributed by atoms with van der Waals surface area (Å²) in [7, 11) is 0. The summed E-state index contributed by atoms with van der Waals surface area (Å²) in [4.78, 5) is 8.20. The molecule has 132 valence electrons. The van der Waals surface area contributed by atoms with Crippen LogP contribution >= 0.6 is 0 Å². The van der Waals surface area contributed by atoms with Crippen molar-refractivity contribution in [2.24, 2.45) is 0 Å². The van der Waals surface area contributed by atoms with E-state index in [2.05, 4.69) is 20.2 Å². The zero-order chi connectivity index (χ0) is 17.8. The number of nitrogens with zero attached hydrogens (tertiary/aromatic N) is 4. The van der Waals surface area contributed by atoms with Gasteiger partial charge in [0.25, 0.3) is 0 Å². The minimum absolute atomic E-state index is 0.228. The van der Waals surface area contributed by atoms with Gasteiger partial charge in [-0.25, -0.2) is 14.4 Å². The molecular formula is C15H17FN6O3. The maximum Gasteiger partial charge on any atom is 0.181 e. The van der Waals surface area contributed by atoms with E-state index in [1.807, 2.05) is 0 Å². The van der Waals surface area contributed by atoms with Crippen molar-refractivity contribution in [2.45, 2.75) is 31.0 Å². The highest BCUT2D eigenvalue weighted by Crippen LogP contribution is 2.44. The summed E-state index contributed by atoms with van der Waals surface area (Å²) < 4.78 is 22.2. The second-order valence-electron chi connectivity index (χ2n) is 6.18. The molecule has 1 saturated heterocycles. The van der Waals surface area contributed by atoms with Crippen molar-refractivity contribution >= 4 is 16.9 Å². The molecule has 5 N–H and O–H groups in total. The van der Waals surface area contributed by atoms with E-state index in [4.69, 9.17) is 10.5 Å². The van der Waals surface area contributed by atoms with Crippen molar-refractivity contribution in [1.29, 1.82) is 0 Å². The van der Waals surface area contributed by atoms with Crippen LogP contribution in [0.4, 0.5) is 10.2 Å². The van der Waals surface area contributed by atoms with Crippen molar-refractivity contribution < 1.29 is 19.3 Å². The Bertz CT molecular complexity index is 910. The summed E-state index contributed by atoms with van der Waals surface area (Å²) in [6, 6.07) is 1.74. The molecule has 1 aliphatic rings. The Hall–Kier alpha value is -2.56. The van der Waals surface area contributed by atoms with Crippen LogP contribution in [0.2, 0.25) is 0 Å². The highest BCUT2D eigenvalue weighted by Gasteiger charge is 2.55. The third-order valence-electron chi connectivity index (χ3n) is 4.58. The topological polar surface area (TPSA) is 135 Å². The third-order valence-corrected chi connectivity index (χ3v) is 4.58. The van der Waals surface area contributed by atoms with Gasteiger partial charge in [0.05, 0.1) is 17.7 Å². The van der Waals surface area contributed by atoms with E-state index in [0.717, 1.165) is 0 Å². The molecule has 25 heavy (non-hydrogen) atoms. The van der Waals surface area contributed by atoms with Gasteiger partial charge in [-0.3, -0.25) is 5.10 Å². The van der Waals surface area contributed by atoms with Crippen LogP contribution in [0.1, 0.15) is 13.2 Å². The summed E-state index contributed by atoms with van der Waals surface area (Å²) in [6.07, 6.45) is 0.776. The number of hydrogen-bond donors (Lipinski definition) is 4. The van der Waals surface area contributed by atoms with E-state index in [1.54, 1.807) is 18.5 Å². The average molecular weight is 348 g/mol. The quantitative estimate of drug-likeness (QED) is 0.537. The monoisotopic (exact) mass is 348 g/mol. The van der Waals surface area contributed by atoms with Gasteiger partial charge in [-0.05, 0) is 13.0 Å². The Kier molecular flexibility index (Phi) is 3.49. The number of rotatable bonds is 3. The van der Waals surface area contributed by atoms with E-state index in [-0.39, 0.29) is 5.82 Å². The molecule has 1 fully saturated rings. The number of ether oxygens (including phenoxy) is 1. The van der Waals surface area contributed by atoms with Gasteiger partial charge in [0.2, 0.25) is 0 Å². The maximum absolute atomic E-state index is 15.2. The molecular weight excluding hydrogens is 331 g/mol. The summed E-state index contributed by atoms with van der Waals surface area (Å²) in [5.74, 6) is 0.228. The SMILES string of the molecule is C[C@@]1(F)[C@H](O)[C@@H](CO)O[C@H]1n1cc(-c2ccn[nH]2)c2c(N)ncnc21. The number of hydrogen-bond acceptors (Lipinski definition) is 7. The first kappa shape index (κ1) is 15.9. The molecule has 3 aromatic rings. The van der Waals surface area contributed by atoms with Gasteiger partial charge in [0.1, 0.15) is 30.0 Å². The highest BCUT2D eigenvalue weighted by molar-refractivity contribution is 5.99. The minimum atomic E-state index is -2.13. The van der Waals surface area contributed by atoms with Crippen LogP contribution in [0.15, 0.2) is 24.8 Å². The number of alkyl halides is 1. The predicted molar refractivity (Wildman–Crippen MR) is 86.0 cm³/mol. The van der Waals surface area contributed by atoms with Crippen LogP contribution < -0.4 is 5.73 Å². The molecule has 0 amide bonds. The zero-order valence-electron chi connectivity index (χ0n) is 13.3. The van der Waals surface area contributed by atoms with Crippen LogP contribution in [-0.2, 0) is 4.74 Å². The number of aromatic nitrogens is 5. The molecule has 9 nitrogen and oxygen atoms in total. The lowest BCUT2D eigenvalue weighted by atomic mass is 9.98. The van der Waals surface area contributed by atoms with E-state index in [9.17, 15) is 10.2 Å². The van der Waals surface area contributed by atoms with Crippen LogP contribution in [-0.4, -0.2) is 59.4 Å². The molecule has 3 aromatic heterocycles. The molecule has 0 unspecified atom stereocenters. The lowest BCUT2D eigenvalue weighted by Gasteiger charge is -2.25. The number of aliphatic hydroxyl groups excluding tert-OH is 2. The number of aliphatic hydroxyl groups is 2. The van der Waals surface area contributed by atoms with E-state index in [1.165, 1.54) is 17.8 Å². The van der Waals surface area contributed by atoms with E-state index < -0.39 is 30.7 Å². The van der Waals surface area contributed by atoms with Crippen molar-refractivity contribution in [2.75, 3.05) is 12.3 Å². The number of halogens is 1. The fourth-order valence-corrected chi connectivity index (χ4v) is 3.26. The molecule has 4 atom stereocenters. The van der Waals surface area contributed by atoms with Gasteiger partial charge in [-0.15, -0.1) is 0 Å². The largest absolute Gasteiger partial charge is 0.394 e. The first-order chi connectivity index (χ1) is 11.9. The van der Waals surface area contributed by atoms with Crippen LogP contribution in [0.3, 0.4) is 0 Å². The van der Waals surface area contributed by atoms with Gasteiger partial charge >= 0.3 is 0 Å². The Morgan fingerprint density at radius 1 is 1.48 bits per heavy atom. The van der Waals surface area contributed by atoms with Gasteiger partial charge in [-0.1, -0.05) is 0 Å². The smallest absolute Gasteiger partial charge is 0.181 e. The molecule has 0 saturated carbocycles. The number of nitrogens with one attached hydrogen (secondary N) is 1. The molecule has 4 rings (SSSR count). The lowest BCUT2D eigenvalue weighted by molar-refractivity contribution is -0.0563. The average Bonchev–Trinajstić information content (AvgIpc) is 3.27. The molecule has 0 bridgehead atoms. The Labute approximate surface area is 141 Å². The predicted octanol–water partition coefficient (Wildman–Crippen LogP) is 0.382. The molecule has 10 heteroatoms. The van der Waals surface area contributed by atoms with Crippen molar-refractivity contribution in [1.82, 2.24) is 24.7 Å². The van der Waals surface area contributed by atoms with Gasteiger partial charge in [0.15, 0.2) is 11.9 Å². The fraction of sp³-hybridized carbons (Fsp3) is 0.400. The third kappa shape index (κ3) is 2.22. The number of anilines is 1. The summed E-state index contributed by atoms with van der Waals surface area (Å²) in [6.45, 7) is 0.727. The van der Waals surface area contributed by atoms with Crippen LogP contribution in [0.5, 0.6) is 0 Å². The molecule has 0 aliphatic carbocycles. The van der Waals surface area contributed by atoms with E-state index in [0.29, 0.717) is 22.3 Å². The van der Waals surface area contributed by atoms with Crippen molar-refractivity contribution in [3.63, 3.8) is 0 Å². The first-order valence-electron chi connectivity index (χ1n) is 7.69. The second-order valence-corrected chi connectivity index (χ2v) is 6.18. The first-order valence-corrected chi connectivity index (χ1v) is 7.69.